The molecule has 6 heteroatoms. The van der Waals surface area contributed by atoms with Crippen molar-refractivity contribution >= 4 is 11.9 Å². The smallest absolute Gasteiger partial charge is 0.267 e. The van der Waals surface area contributed by atoms with Crippen LogP contribution in [0.25, 0.3) is 5.69 Å². The Balaban J connectivity index is 1.73. The number of carbonyl (C=O) groups is 1. The molecule has 1 unspecified atom stereocenters. The van der Waals surface area contributed by atoms with Gasteiger partial charge in [0.1, 0.15) is 11.6 Å². The zero-order valence-corrected chi connectivity index (χ0v) is 15.1. The van der Waals surface area contributed by atoms with Crippen molar-refractivity contribution in [3.8, 4) is 11.4 Å². The topological polar surface area (TPSA) is 69.0 Å². The van der Waals surface area contributed by atoms with Crippen LogP contribution in [0.3, 0.4) is 0 Å². The summed E-state index contributed by atoms with van der Waals surface area (Å²) in [7, 11) is 0. The second-order valence-electron chi connectivity index (χ2n) is 6.00. The second kappa shape index (κ2) is 7.82. The van der Waals surface area contributed by atoms with Crippen LogP contribution >= 0.6 is 0 Å². The van der Waals surface area contributed by atoms with E-state index in [1.54, 1.807) is 4.68 Å². The highest BCUT2D eigenvalue weighted by molar-refractivity contribution is 5.92. The summed E-state index contributed by atoms with van der Waals surface area (Å²) in [4.78, 5) is 16.9. The van der Waals surface area contributed by atoms with E-state index >= 15 is 0 Å². The summed E-state index contributed by atoms with van der Waals surface area (Å²) in [5.41, 5.74) is 1.88. The molecule has 0 aliphatic rings. The predicted octanol–water partition coefficient (Wildman–Crippen LogP) is 3.68. The van der Waals surface area contributed by atoms with Gasteiger partial charge in [0.25, 0.3) is 5.91 Å². The van der Waals surface area contributed by atoms with Crippen LogP contribution < -0.4 is 10.1 Å². The third-order valence-electron chi connectivity index (χ3n) is 4.03. The number of rotatable bonds is 6. The Hall–Kier alpha value is -3.15. The van der Waals surface area contributed by atoms with Crippen LogP contribution in [-0.4, -0.2) is 26.8 Å². The number of para-hydroxylation sites is 2. The fraction of sp³-hybridized carbons (Fsp3) is 0.250. The van der Waals surface area contributed by atoms with Gasteiger partial charge < -0.3 is 4.74 Å². The molecule has 0 saturated carbocycles. The summed E-state index contributed by atoms with van der Waals surface area (Å²) in [6.07, 6.45) is -0.0708. The molecule has 2 aromatic carbocycles. The van der Waals surface area contributed by atoms with Gasteiger partial charge in [0.2, 0.25) is 5.95 Å². The highest BCUT2D eigenvalue weighted by Crippen LogP contribution is 2.19. The van der Waals surface area contributed by atoms with Crippen LogP contribution in [-0.2, 0) is 4.79 Å². The minimum atomic E-state index is -0.611. The molecule has 0 aliphatic heterocycles. The number of anilines is 1. The molecule has 134 valence electrons. The molecule has 1 amide bonds. The lowest BCUT2D eigenvalue weighted by atomic mass is 10.2. The zero-order valence-electron chi connectivity index (χ0n) is 15.1. The molecular formula is C20H22N4O2. The van der Waals surface area contributed by atoms with Crippen molar-refractivity contribution in [2.75, 3.05) is 5.32 Å². The van der Waals surface area contributed by atoms with Crippen molar-refractivity contribution in [3.63, 3.8) is 0 Å². The Bertz CT molecular complexity index is 890. The van der Waals surface area contributed by atoms with Crippen LogP contribution in [0.15, 0.2) is 54.6 Å². The first-order valence-electron chi connectivity index (χ1n) is 8.60. The normalized spacial score (nSPS) is 11.8. The first-order chi connectivity index (χ1) is 12.6. The molecule has 1 heterocycles. The van der Waals surface area contributed by atoms with Gasteiger partial charge in [0.15, 0.2) is 6.10 Å². The van der Waals surface area contributed by atoms with Crippen molar-refractivity contribution < 1.29 is 9.53 Å². The summed E-state index contributed by atoms with van der Waals surface area (Å²) in [6, 6.07) is 17.3. The Morgan fingerprint density at radius 2 is 1.81 bits per heavy atom. The van der Waals surface area contributed by atoms with Gasteiger partial charge in [-0.05, 0) is 44.0 Å². The van der Waals surface area contributed by atoms with E-state index in [1.807, 2.05) is 75.4 Å². The van der Waals surface area contributed by atoms with Crippen LogP contribution in [0.1, 0.15) is 24.7 Å². The van der Waals surface area contributed by atoms with Crippen molar-refractivity contribution in [1.29, 1.82) is 0 Å². The van der Waals surface area contributed by atoms with Gasteiger partial charge >= 0.3 is 0 Å². The predicted molar refractivity (Wildman–Crippen MR) is 101 cm³/mol. The summed E-state index contributed by atoms with van der Waals surface area (Å²) in [6.45, 7) is 5.70. The van der Waals surface area contributed by atoms with E-state index in [0.29, 0.717) is 18.0 Å². The SMILES string of the molecule is CCC(Oc1ccccc1C)C(=O)Nc1nc(C)n(-c2ccccc2)n1. The maximum absolute atomic E-state index is 12.6. The number of amides is 1. The molecule has 1 N–H and O–H groups in total. The fourth-order valence-corrected chi connectivity index (χ4v) is 2.61. The summed E-state index contributed by atoms with van der Waals surface area (Å²) >= 11 is 0. The summed E-state index contributed by atoms with van der Waals surface area (Å²) in [5, 5.41) is 7.14. The van der Waals surface area contributed by atoms with Gasteiger partial charge in [0, 0.05) is 0 Å². The second-order valence-corrected chi connectivity index (χ2v) is 6.00. The molecule has 0 spiro atoms. The number of carbonyl (C=O) groups excluding carboxylic acids is 1. The number of ether oxygens (including phenoxy) is 1. The van der Waals surface area contributed by atoms with Gasteiger partial charge in [-0.2, -0.15) is 4.98 Å². The highest BCUT2D eigenvalue weighted by Gasteiger charge is 2.21. The number of aryl methyl sites for hydroxylation is 2. The van der Waals surface area contributed by atoms with Crippen LogP contribution in [0.2, 0.25) is 0 Å². The molecule has 3 rings (SSSR count). The molecule has 0 fully saturated rings. The van der Waals surface area contributed by atoms with Gasteiger partial charge in [-0.15, -0.1) is 5.10 Å². The number of hydrogen-bond acceptors (Lipinski definition) is 4. The third-order valence-corrected chi connectivity index (χ3v) is 4.03. The lowest BCUT2D eigenvalue weighted by Crippen LogP contribution is -2.33. The van der Waals surface area contributed by atoms with E-state index in [0.717, 1.165) is 11.3 Å². The average molecular weight is 350 g/mol. The fourth-order valence-electron chi connectivity index (χ4n) is 2.61. The van der Waals surface area contributed by atoms with Crippen LogP contribution in [0.4, 0.5) is 5.95 Å². The largest absolute Gasteiger partial charge is 0.480 e. The first-order valence-corrected chi connectivity index (χ1v) is 8.60. The first kappa shape index (κ1) is 17.7. The number of nitrogens with one attached hydrogen (secondary N) is 1. The molecule has 0 bridgehead atoms. The van der Waals surface area contributed by atoms with Crippen molar-refractivity contribution in [2.24, 2.45) is 0 Å². The van der Waals surface area contributed by atoms with Gasteiger partial charge in [-0.3, -0.25) is 10.1 Å². The molecule has 26 heavy (non-hydrogen) atoms. The number of hydrogen-bond donors (Lipinski definition) is 1. The lowest BCUT2D eigenvalue weighted by Gasteiger charge is -2.17. The monoisotopic (exact) mass is 350 g/mol. The Kier molecular flexibility index (Phi) is 5.31. The Labute approximate surface area is 152 Å². The maximum atomic E-state index is 12.6. The summed E-state index contributed by atoms with van der Waals surface area (Å²) < 4.78 is 7.57. The quantitative estimate of drug-likeness (QED) is 0.736. The molecular weight excluding hydrogens is 328 g/mol. The highest BCUT2D eigenvalue weighted by atomic mass is 16.5. The molecule has 0 radical (unpaired) electrons. The standard InChI is InChI=1S/C20H22N4O2/c1-4-17(26-18-13-9-8-10-14(18)2)19(25)22-20-21-15(3)24(23-20)16-11-6-5-7-12-16/h5-13,17H,4H2,1-3H3,(H,22,23,25). The maximum Gasteiger partial charge on any atom is 0.267 e. The number of aromatic nitrogens is 3. The zero-order chi connectivity index (χ0) is 18.5. The minimum absolute atomic E-state index is 0.263. The average Bonchev–Trinajstić information content (AvgIpc) is 3.01. The van der Waals surface area contributed by atoms with E-state index < -0.39 is 6.10 Å². The van der Waals surface area contributed by atoms with E-state index in [2.05, 4.69) is 15.4 Å². The molecule has 1 atom stereocenters. The molecule has 6 nitrogen and oxygen atoms in total. The van der Waals surface area contributed by atoms with E-state index in [-0.39, 0.29) is 11.9 Å². The van der Waals surface area contributed by atoms with Gasteiger partial charge in [0.05, 0.1) is 5.69 Å². The van der Waals surface area contributed by atoms with Crippen molar-refractivity contribution in [1.82, 2.24) is 14.8 Å². The number of benzene rings is 2. The Morgan fingerprint density at radius 1 is 1.12 bits per heavy atom. The van der Waals surface area contributed by atoms with Gasteiger partial charge in [-0.25, -0.2) is 4.68 Å². The summed E-state index contributed by atoms with van der Waals surface area (Å²) in [5.74, 6) is 1.40. The van der Waals surface area contributed by atoms with E-state index in [1.165, 1.54) is 0 Å². The third kappa shape index (κ3) is 3.91. The molecule has 3 aromatic rings. The minimum Gasteiger partial charge on any atom is -0.480 e. The van der Waals surface area contributed by atoms with Crippen molar-refractivity contribution in [2.45, 2.75) is 33.3 Å². The molecule has 1 aromatic heterocycles. The van der Waals surface area contributed by atoms with Crippen LogP contribution in [0.5, 0.6) is 5.75 Å². The molecule has 0 aliphatic carbocycles. The Morgan fingerprint density at radius 3 is 2.50 bits per heavy atom. The van der Waals surface area contributed by atoms with E-state index in [9.17, 15) is 4.79 Å². The number of nitrogens with zero attached hydrogens (tertiary/aromatic N) is 3. The lowest BCUT2D eigenvalue weighted by molar-refractivity contribution is -0.122. The van der Waals surface area contributed by atoms with Gasteiger partial charge in [-0.1, -0.05) is 43.3 Å². The van der Waals surface area contributed by atoms with Crippen LogP contribution in [0, 0.1) is 13.8 Å². The van der Waals surface area contributed by atoms with Crippen molar-refractivity contribution in [3.05, 3.63) is 66.0 Å². The molecule has 0 saturated heterocycles. The van der Waals surface area contributed by atoms with E-state index in [4.69, 9.17) is 4.74 Å².